The summed E-state index contributed by atoms with van der Waals surface area (Å²) in [5, 5.41) is 0. The molecule has 117 valence electrons. The minimum Gasteiger partial charge on any atom is -0.367 e. The maximum Gasteiger partial charge on any atom is 0.416 e. The average molecular weight is 319 g/mol. The van der Waals surface area contributed by atoms with Crippen LogP contribution in [0, 0.1) is 0 Å². The van der Waals surface area contributed by atoms with Crippen LogP contribution in [-0.4, -0.2) is 22.7 Å². The van der Waals surface area contributed by atoms with Crippen molar-refractivity contribution in [1.29, 1.82) is 0 Å². The van der Waals surface area contributed by atoms with Crippen molar-refractivity contribution in [3.63, 3.8) is 0 Å². The summed E-state index contributed by atoms with van der Waals surface area (Å²) in [6.07, 6.45) is -5.10. The van der Waals surface area contributed by atoms with E-state index >= 15 is 0 Å². The van der Waals surface area contributed by atoms with Gasteiger partial charge in [0.05, 0.1) is 17.8 Å². The van der Waals surface area contributed by atoms with Crippen LogP contribution in [0.15, 0.2) is 24.3 Å². The summed E-state index contributed by atoms with van der Waals surface area (Å²) in [5.74, 6) is -1.75. The predicted molar refractivity (Wildman–Crippen MR) is 72.4 cm³/mol. The molecule has 1 aromatic carbocycles. The van der Waals surface area contributed by atoms with Crippen molar-refractivity contribution in [2.24, 2.45) is 0 Å². The Bertz CT molecular complexity index is 451. The Kier molecular flexibility index (Phi) is 5.98. The molecule has 21 heavy (non-hydrogen) atoms. The van der Waals surface area contributed by atoms with Gasteiger partial charge in [-0.3, -0.25) is 0 Å². The number of hydrogen-bond donors (Lipinski definition) is 0. The summed E-state index contributed by atoms with van der Waals surface area (Å²) in [5.41, 5.74) is -0.678. The molecule has 3 nitrogen and oxygen atoms in total. The van der Waals surface area contributed by atoms with Crippen LogP contribution >= 0.6 is 0 Å². The molecule has 0 unspecified atom stereocenters. The molecule has 0 saturated heterocycles. The minimum atomic E-state index is -4.46. The van der Waals surface area contributed by atoms with Crippen LogP contribution in [0.3, 0.4) is 0 Å². The van der Waals surface area contributed by atoms with Crippen molar-refractivity contribution in [3.8, 4) is 0 Å². The van der Waals surface area contributed by atoms with Gasteiger partial charge in [-0.25, -0.2) is 0 Å². The topological polar surface area (TPSA) is 27.7 Å². The van der Waals surface area contributed by atoms with Gasteiger partial charge < -0.3 is 13.9 Å². The lowest BCUT2D eigenvalue weighted by Gasteiger charge is -2.36. The molecule has 0 N–H and O–H groups in total. The van der Waals surface area contributed by atoms with Gasteiger partial charge in [-0.1, -0.05) is 12.1 Å². The lowest BCUT2D eigenvalue weighted by Crippen LogP contribution is -2.40. The SMILES string of the molecule is CC(C)OC(O[Si])(OC(C)C)c1cccc(C(F)(F)F)c1. The molecule has 0 atom stereocenters. The lowest BCUT2D eigenvalue weighted by molar-refractivity contribution is -0.378. The fraction of sp³-hybridized carbons (Fsp3) is 0.571. The molecular weight excluding hydrogens is 301 g/mol. The molecule has 0 aliphatic heterocycles. The van der Waals surface area contributed by atoms with E-state index in [-0.39, 0.29) is 17.8 Å². The molecule has 0 aromatic heterocycles. The molecular formula is C14H18F3O3Si. The molecule has 1 rings (SSSR count). The zero-order valence-corrected chi connectivity index (χ0v) is 13.3. The number of halogens is 3. The highest BCUT2D eigenvalue weighted by molar-refractivity contribution is 5.98. The first kappa shape index (κ1) is 18.2. The monoisotopic (exact) mass is 319 g/mol. The van der Waals surface area contributed by atoms with Crippen molar-refractivity contribution in [2.45, 2.75) is 52.1 Å². The van der Waals surface area contributed by atoms with Crippen LogP contribution in [0.25, 0.3) is 0 Å². The predicted octanol–water partition coefficient (Wildman–Crippen LogP) is 3.77. The van der Waals surface area contributed by atoms with Crippen LogP contribution in [0.2, 0.25) is 0 Å². The van der Waals surface area contributed by atoms with Crippen LogP contribution in [0.5, 0.6) is 0 Å². The van der Waals surface area contributed by atoms with Crippen LogP contribution < -0.4 is 0 Å². The Labute approximate surface area is 125 Å². The Morgan fingerprint density at radius 2 is 1.43 bits per heavy atom. The molecule has 0 fully saturated rings. The fourth-order valence-corrected chi connectivity index (χ4v) is 1.99. The highest BCUT2D eigenvalue weighted by Crippen LogP contribution is 2.35. The zero-order valence-electron chi connectivity index (χ0n) is 12.3. The van der Waals surface area contributed by atoms with E-state index in [1.54, 1.807) is 27.7 Å². The van der Waals surface area contributed by atoms with Crippen LogP contribution in [-0.2, 0) is 26.0 Å². The second kappa shape index (κ2) is 6.91. The number of alkyl halides is 3. The number of hydrogen-bond acceptors (Lipinski definition) is 3. The summed E-state index contributed by atoms with van der Waals surface area (Å²) in [4.78, 5) is 0. The van der Waals surface area contributed by atoms with Gasteiger partial charge in [-0.15, -0.1) is 0 Å². The third kappa shape index (κ3) is 4.81. The molecule has 0 aliphatic carbocycles. The second-order valence-electron chi connectivity index (χ2n) is 5.07. The second-order valence-corrected chi connectivity index (χ2v) is 5.27. The van der Waals surface area contributed by atoms with Gasteiger partial charge in [0.1, 0.15) is 0 Å². The van der Waals surface area contributed by atoms with E-state index in [1.165, 1.54) is 12.1 Å². The summed E-state index contributed by atoms with van der Waals surface area (Å²) in [7, 11) is 2.87. The molecule has 0 aliphatic rings. The van der Waals surface area contributed by atoms with E-state index in [0.29, 0.717) is 0 Å². The maximum absolute atomic E-state index is 12.9. The summed E-state index contributed by atoms with van der Waals surface area (Å²) in [6, 6.07) is 4.67. The van der Waals surface area contributed by atoms with Crippen molar-refractivity contribution in [2.75, 3.05) is 0 Å². The smallest absolute Gasteiger partial charge is 0.367 e. The number of benzene rings is 1. The first-order valence-corrected chi connectivity index (χ1v) is 6.89. The third-order valence-electron chi connectivity index (χ3n) is 2.46. The van der Waals surface area contributed by atoms with E-state index in [9.17, 15) is 13.2 Å². The first-order valence-electron chi connectivity index (χ1n) is 6.49. The van der Waals surface area contributed by atoms with E-state index in [2.05, 4.69) is 10.5 Å². The van der Waals surface area contributed by atoms with Crippen LogP contribution in [0.1, 0.15) is 38.8 Å². The fourth-order valence-electron chi connectivity index (χ4n) is 1.78. The average Bonchev–Trinajstić information content (AvgIpc) is 2.36. The molecule has 0 amide bonds. The number of rotatable bonds is 6. The van der Waals surface area contributed by atoms with Gasteiger partial charge >= 0.3 is 12.1 Å². The van der Waals surface area contributed by atoms with Gasteiger partial charge in [0.2, 0.25) is 0 Å². The summed E-state index contributed by atoms with van der Waals surface area (Å²) >= 11 is 0. The van der Waals surface area contributed by atoms with Gasteiger partial charge in [-0.2, -0.15) is 13.2 Å². The quantitative estimate of drug-likeness (QED) is 0.590. The standard InChI is InChI=1S/C14H18F3O3Si/c1-9(2)18-14(20-21,19-10(3)4)12-7-5-6-11(8-12)13(15,16)17/h5-10H,1-4H3. The lowest BCUT2D eigenvalue weighted by atomic mass is 10.1. The van der Waals surface area contributed by atoms with E-state index in [4.69, 9.17) is 13.9 Å². The molecule has 0 heterocycles. The van der Waals surface area contributed by atoms with E-state index < -0.39 is 17.7 Å². The molecule has 1 aromatic rings. The normalized spacial score (nSPS) is 13.2. The summed E-state index contributed by atoms with van der Waals surface area (Å²) in [6.45, 7) is 6.93. The largest absolute Gasteiger partial charge is 0.416 e. The molecule has 0 saturated carbocycles. The highest BCUT2D eigenvalue weighted by Gasteiger charge is 2.39. The van der Waals surface area contributed by atoms with Crippen LogP contribution in [0.4, 0.5) is 13.2 Å². The summed E-state index contributed by atoms with van der Waals surface area (Å²) < 4.78 is 54.8. The van der Waals surface area contributed by atoms with Crippen molar-refractivity contribution in [3.05, 3.63) is 35.4 Å². The van der Waals surface area contributed by atoms with Crippen molar-refractivity contribution >= 4 is 10.5 Å². The van der Waals surface area contributed by atoms with E-state index in [1.807, 2.05) is 0 Å². The Balaban J connectivity index is 3.31. The third-order valence-corrected chi connectivity index (χ3v) is 2.73. The number of ether oxygens (including phenoxy) is 2. The molecule has 0 bridgehead atoms. The highest BCUT2D eigenvalue weighted by atomic mass is 28.2. The van der Waals surface area contributed by atoms with Crippen molar-refractivity contribution in [1.82, 2.24) is 0 Å². The minimum absolute atomic E-state index is 0.120. The van der Waals surface area contributed by atoms with Gasteiger partial charge in [0, 0.05) is 5.56 Å². The maximum atomic E-state index is 12.9. The first-order chi connectivity index (χ1) is 9.60. The Morgan fingerprint density at radius 1 is 0.952 bits per heavy atom. The van der Waals surface area contributed by atoms with Gasteiger partial charge in [0.25, 0.3) is 10.5 Å². The zero-order chi connectivity index (χ0) is 16.3. The van der Waals surface area contributed by atoms with E-state index in [0.717, 1.165) is 12.1 Å². The molecule has 3 radical (unpaired) electrons. The van der Waals surface area contributed by atoms with Gasteiger partial charge in [-0.05, 0) is 39.8 Å². The van der Waals surface area contributed by atoms with Gasteiger partial charge in [0.15, 0.2) is 0 Å². The van der Waals surface area contributed by atoms with Crippen molar-refractivity contribution < 1.29 is 27.1 Å². The Morgan fingerprint density at radius 3 is 1.81 bits per heavy atom. The molecule has 7 heteroatoms. The molecule has 0 spiro atoms. The Hall–Kier alpha value is -0.893.